The quantitative estimate of drug-likeness (QED) is 0.478. The second kappa shape index (κ2) is 9.32. The molecule has 0 spiro atoms. The van der Waals surface area contributed by atoms with Gasteiger partial charge in [-0.1, -0.05) is 36.4 Å². The number of aromatic nitrogens is 1. The van der Waals surface area contributed by atoms with Gasteiger partial charge in [-0.2, -0.15) is 0 Å². The highest BCUT2D eigenvalue weighted by atomic mass is 16.5. The molecule has 5 heteroatoms. The van der Waals surface area contributed by atoms with Gasteiger partial charge in [0, 0.05) is 48.6 Å². The third-order valence-corrected chi connectivity index (χ3v) is 7.54. The maximum atomic E-state index is 13.4. The maximum Gasteiger partial charge on any atom is 0.340 e. The number of ether oxygens (including phenoxy) is 1. The molecule has 2 aromatic carbocycles. The fourth-order valence-electron chi connectivity index (χ4n) is 5.68. The average molecular weight is 446 g/mol. The van der Waals surface area contributed by atoms with Crippen LogP contribution >= 0.6 is 0 Å². The molecule has 2 bridgehead atoms. The van der Waals surface area contributed by atoms with Crippen LogP contribution in [0, 0.1) is 0 Å². The second-order valence-corrected chi connectivity index (χ2v) is 10.0. The Balaban J connectivity index is 1.44. The molecule has 0 aliphatic carbocycles. The SMILES string of the molecule is CN(C)CCCn1cc(C(=O)OC2C[C@H]3CC[C@@H](C2)N3C)c2cc(-c3ccccc3)ccc21. The predicted octanol–water partition coefficient (Wildman–Crippen LogP) is 5.04. The van der Waals surface area contributed by atoms with E-state index in [4.69, 9.17) is 4.74 Å². The topological polar surface area (TPSA) is 37.7 Å². The number of carbonyl (C=O) groups excluding carboxylic acids is 1. The lowest BCUT2D eigenvalue weighted by molar-refractivity contribution is -0.000284. The molecule has 2 fully saturated rings. The first-order valence-electron chi connectivity index (χ1n) is 12.3. The number of rotatable bonds is 7. The number of hydrogen-bond acceptors (Lipinski definition) is 4. The minimum atomic E-state index is -0.175. The Bertz CT molecular complexity index is 1110. The lowest BCUT2D eigenvalue weighted by atomic mass is 10.0. The Morgan fingerprint density at radius 3 is 2.45 bits per heavy atom. The minimum Gasteiger partial charge on any atom is -0.459 e. The number of benzene rings is 2. The Morgan fingerprint density at radius 1 is 1.03 bits per heavy atom. The minimum absolute atomic E-state index is 0.0237. The van der Waals surface area contributed by atoms with Gasteiger partial charge >= 0.3 is 5.97 Å². The van der Waals surface area contributed by atoms with E-state index in [0.29, 0.717) is 17.6 Å². The maximum absolute atomic E-state index is 13.4. The Hall–Kier alpha value is -2.63. The standard InChI is InChI=1S/C28H35N3O2/c1-29(2)14-7-15-31-19-26(28(32)33-24-17-22-11-12-23(18-24)30(22)3)25-16-21(10-13-27(25)31)20-8-5-4-6-9-20/h4-6,8-10,13,16,19,22-24H,7,11-12,14-15,17-18H2,1-3H3/t22-,23+,24?. The van der Waals surface area contributed by atoms with Crippen molar-refractivity contribution < 1.29 is 9.53 Å². The fraction of sp³-hybridized carbons (Fsp3) is 0.464. The Labute approximate surface area is 196 Å². The molecule has 2 aliphatic rings. The number of carbonyl (C=O) groups is 1. The number of esters is 1. The number of nitrogens with zero attached hydrogens (tertiary/aromatic N) is 3. The molecule has 5 nitrogen and oxygen atoms in total. The second-order valence-electron chi connectivity index (χ2n) is 10.0. The highest BCUT2D eigenvalue weighted by Crippen LogP contribution is 2.36. The first kappa shape index (κ1) is 22.2. The van der Waals surface area contributed by atoms with E-state index in [1.54, 1.807) is 0 Å². The largest absolute Gasteiger partial charge is 0.459 e. The molecule has 2 aliphatic heterocycles. The molecular formula is C28H35N3O2. The molecular weight excluding hydrogens is 410 g/mol. The summed E-state index contributed by atoms with van der Waals surface area (Å²) in [6.07, 6.45) is 7.42. The van der Waals surface area contributed by atoms with Crippen molar-refractivity contribution in [2.75, 3.05) is 27.7 Å². The zero-order chi connectivity index (χ0) is 22.9. The van der Waals surface area contributed by atoms with Gasteiger partial charge in [-0.05, 0) is 70.2 Å². The molecule has 0 N–H and O–H groups in total. The van der Waals surface area contributed by atoms with Gasteiger partial charge in [0.25, 0.3) is 0 Å². The summed E-state index contributed by atoms with van der Waals surface area (Å²) in [5.41, 5.74) is 4.08. The highest BCUT2D eigenvalue weighted by molar-refractivity contribution is 6.05. The highest BCUT2D eigenvalue weighted by Gasteiger charge is 2.40. The first-order valence-corrected chi connectivity index (χ1v) is 12.3. The van der Waals surface area contributed by atoms with Crippen molar-refractivity contribution >= 4 is 16.9 Å². The predicted molar refractivity (Wildman–Crippen MR) is 134 cm³/mol. The summed E-state index contributed by atoms with van der Waals surface area (Å²) in [5, 5.41) is 0.988. The van der Waals surface area contributed by atoms with Crippen molar-refractivity contribution in [1.82, 2.24) is 14.4 Å². The lowest BCUT2D eigenvalue weighted by Gasteiger charge is -2.35. The van der Waals surface area contributed by atoms with Crippen LogP contribution in [0.25, 0.3) is 22.0 Å². The van der Waals surface area contributed by atoms with E-state index < -0.39 is 0 Å². The van der Waals surface area contributed by atoms with Crippen LogP contribution in [0.3, 0.4) is 0 Å². The van der Waals surface area contributed by atoms with Crippen LogP contribution in [0.4, 0.5) is 0 Å². The van der Waals surface area contributed by atoms with Crippen molar-refractivity contribution in [2.45, 2.75) is 56.8 Å². The molecule has 0 saturated carbocycles. The molecule has 0 radical (unpaired) electrons. The third-order valence-electron chi connectivity index (χ3n) is 7.54. The summed E-state index contributed by atoms with van der Waals surface area (Å²) in [5.74, 6) is -0.175. The number of hydrogen-bond donors (Lipinski definition) is 0. The van der Waals surface area contributed by atoms with Crippen molar-refractivity contribution in [2.24, 2.45) is 0 Å². The van der Waals surface area contributed by atoms with Crippen molar-refractivity contribution in [3.05, 3.63) is 60.3 Å². The summed E-state index contributed by atoms with van der Waals surface area (Å²) < 4.78 is 8.35. The van der Waals surface area contributed by atoms with Gasteiger partial charge < -0.3 is 19.1 Å². The van der Waals surface area contributed by atoms with Gasteiger partial charge in [0.05, 0.1) is 5.56 Å². The average Bonchev–Trinajstić information content (AvgIpc) is 3.25. The fourth-order valence-corrected chi connectivity index (χ4v) is 5.68. The monoisotopic (exact) mass is 445 g/mol. The van der Waals surface area contributed by atoms with E-state index in [-0.39, 0.29) is 12.1 Å². The molecule has 3 atom stereocenters. The smallest absolute Gasteiger partial charge is 0.340 e. The van der Waals surface area contributed by atoms with Gasteiger partial charge in [0.15, 0.2) is 0 Å². The Kier molecular flexibility index (Phi) is 6.26. The van der Waals surface area contributed by atoms with Crippen molar-refractivity contribution in [3.8, 4) is 11.1 Å². The van der Waals surface area contributed by atoms with Crippen molar-refractivity contribution in [1.29, 1.82) is 0 Å². The van der Waals surface area contributed by atoms with Gasteiger partial charge in [0.2, 0.25) is 0 Å². The van der Waals surface area contributed by atoms with Crippen LogP contribution in [0.1, 0.15) is 42.5 Å². The summed E-state index contributed by atoms with van der Waals surface area (Å²) in [6.45, 7) is 1.89. The summed E-state index contributed by atoms with van der Waals surface area (Å²) in [4.78, 5) is 18.1. The van der Waals surface area contributed by atoms with Crippen LogP contribution in [-0.4, -0.2) is 66.2 Å². The zero-order valence-electron chi connectivity index (χ0n) is 20.0. The van der Waals surface area contributed by atoms with E-state index in [2.05, 4.69) is 78.0 Å². The number of piperidine rings is 1. The van der Waals surface area contributed by atoms with Gasteiger partial charge in [-0.15, -0.1) is 0 Å². The lowest BCUT2D eigenvalue weighted by Crippen LogP contribution is -2.43. The normalized spacial score (nSPS) is 22.8. The van der Waals surface area contributed by atoms with Crippen LogP contribution in [-0.2, 0) is 11.3 Å². The van der Waals surface area contributed by atoms with Gasteiger partial charge in [-0.3, -0.25) is 0 Å². The van der Waals surface area contributed by atoms with Crippen LogP contribution in [0.15, 0.2) is 54.7 Å². The molecule has 5 rings (SSSR count). The molecule has 0 amide bonds. The van der Waals surface area contributed by atoms with E-state index in [0.717, 1.165) is 54.4 Å². The molecule has 1 aromatic heterocycles. The summed E-state index contributed by atoms with van der Waals surface area (Å²) in [6, 6.07) is 17.9. The molecule has 174 valence electrons. The molecule has 3 aromatic rings. The third kappa shape index (κ3) is 4.57. The van der Waals surface area contributed by atoms with Gasteiger partial charge in [0.1, 0.15) is 6.10 Å². The van der Waals surface area contributed by atoms with E-state index in [1.165, 1.54) is 12.8 Å². The molecule has 33 heavy (non-hydrogen) atoms. The molecule has 2 saturated heterocycles. The summed E-state index contributed by atoms with van der Waals surface area (Å²) in [7, 11) is 6.40. The number of aryl methyl sites for hydroxylation is 1. The Morgan fingerprint density at radius 2 is 1.76 bits per heavy atom. The van der Waals surface area contributed by atoms with E-state index in [9.17, 15) is 4.79 Å². The van der Waals surface area contributed by atoms with Crippen molar-refractivity contribution in [3.63, 3.8) is 0 Å². The number of fused-ring (bicyclic) bond motifs is 3. The molecule has 3 heterocycles. The van der Waals surface area contributed by atoms with Gasteiger partial charge in [-0.25, -0.2) is 4.79 Å². The van der Waals surface area contributed by atoms with E-state index in [1.807, 2.05) is 12.3 Å². The molecule has 1 unspecified atom stereocenters. The van der Waals surface area contributed by atoms with Crippen LogP contribution < -0.4 is 0 Å². The summed E-state index contributed by atoms with van der Waals surface area (Å²) >= 11 is 0. The van der Waals surface area contributed by atoms with Crippen LogP contribution in [0.5, 0.6) is 0 Å². The first-order chi connectivity index (χ1) is 16.0. The van der Waals surface area contributed by atoms with Crippen LogP contribution in [0.2, 0.25) is 0 Å². The van der Waals surface area contributed by atoms with E-state index >= 15 is 0 Å². The zero-order valence-corrected chi connectivity index (χ0v) is 20.0.